The molecule has 0 aliphatic carbocycles. The van der Waals surface area contributed by atoms with Crippen molar-refractivity contribution < 1.29 is 4.79 Å². The van der Waals surface area contributed by atoms with Crippen LogP contribution in [0.4, 0.5) is 5.69 Å². The van der Waals surface area contributed by atoms with Crippen molar-refractivity contribution in [1.29, 1.82) is 5.26 Å². The zero-order chi connectivity index (χ0) is 15.9. The predicted molar refractivity (Wildman–Crippen MR) is 88.2 cm³/mol. The van der Waals surface area contributed by atoms with Crippen molar-refractivity contribution in [3.05, 3.63) is 64.2 Å². The first-order chi connectivity index (χ1) is 10.6. The van der Waals surface area contributed by atoms with Crippen LogP contribution in [0.15, 0.2) is 42.5 Å². The molecule has 2 N–H and O–H groups in total. The van der Waals surface area contributed by atoms with Crippen molar-refractivity contribution in [3.8, 4) is 6.07 Å². The molecule has 0 saturated heterocycles. The normalized spacial score (nSPS) is 9.86. The van der Waals surface area contributed by atoms with Gasteiger partial charge in [0.15, 0.2) is 0 Å². The van der Waals surface area contributed by atoms with E-state index in [0.717, 1.165) is 5.56 Å². The van der Waals surface area contributed by atoms with Crippen LogP contribution in [-0.4, -0.2) is 19.0 Å². The quantitative estimate of drug-likeness (QED) is 0.832. The first-order valence-electron chi connectivity index (χ1n) is 6.88. The number of amides is 1. The molecule has 2 aromatic carbocycles. The molecule has 0 radical (unpaired) electrons. The minimum atomic E-state index is -0.117. The fourth-order valence-corrected chi connectivity index (χ4v) is 2.11. The lowest BCUT2D eigenvalue weighted by molar-refractivity contribution is 0.0955. The van der Waals surface area contributed by atoms with Gasteiger partial charge in [0.05, 0.1) is 11.3 Å². The summed E-state index contributed by atoms with van der Waals surface area (Å²) >= 11 is 5.91. The Hall–Kier alpha value is -2.51. The molecule has 0 saturated carbocycles. The lowest BCUT2D eigenvalue weighted by Gasteiger charge is -2.10. The van der Waals surface area contributed by atoms with Crippen LogP contribution < -0.4 is 10.6 Å². The van der Waals surface area contributed by atoms with E-state index in [1.807, 2.05) is 19.1 Å². The highest BCUT2D eigenvalue weighted by atomic mass is 35.5. The first-order valence-corrected chi connectivity index (χ1v) is 7.26. The molecule has 0 bridgehead atoms. The lowest BCUT2D eigenvalue weighted by atomic mass is 10.1. The number of hydrogen-bond acceptors (Lipinski definition) is 3. The van der Waals surface area contributed by atoms with Crippen molar-refractivity contribution in [2.75, 3.05) is 18.4 Å². The molecule has 2 aromatic rings. The number of carbonyl (C=O) groups excluding carboxylic acids is 1. The Morgan fingerprint density at radius 3 is 2.59 bits per heavy atom. The summed E-state index contributed by atoms with van der Waals surface area (Å²) < 4.78 is 0. The molecule has 0 aliphatic rings. The second-order valence-electron chi connectivity index (χ2n) is 4.85. The first kappa shape index (κ1) is 15.9. The molecule has 112 valence electrons. The molecule has 0 heterocycles. The third-order valence-electron chi connectivity index (χ3n) is 3.14. The van der Waals surface area contributed by atoms with Crippen molar-refractivity contribution in [2.24, 2.45) is 0 Å². The topological polar surface area (TPSA) is 64.9 Å². The minimum Gasteiger partial charge on any atom is -0.382 e. The molecular weight excluding hydrogens is 298 g/mol. The monoisotopic (exact) mass is 313 g/mol. The Morgan fingerprint density at radius 1 is 1.18 bits per heavy atom. The highest BCUT2D eigenvalue weighted by molar-refractivity contribution is 6.30. The average molecular weight is 314 g/mol. The van der Waals surface area contributed by atoms with Gasteiger partial charge < -0.3 is 10.6 Å². The third kappa shape index (κ3) is 4.24. The van der Waals surface area contributed by atoms with E-state index < -0.39 is 0 Å². The van der Waals surface area contributed by atoms with Gasteiger partial charge in [-0.1, -0.05) is 29.3 Å². The standard InChI is InChI=1S/C17H16ClN3O/c1-12-2-4-13(5-3-12)17(22)21-9-8-20-16-10-15(18)7-6-14(16)11-19/h2-7,10,20H,8-9H2,1H3,(H,21,22). The van der Waals surface area contributed by atoms with Gasteiger partial charge in [-0.2, -0.15) is 5.26 Å². The Kier molecular flexibility index (Phi) is 5.40. The van der Waals surface area contributed by atoms with E-state index in [9.17, 15) is 4.79 Å². The van der Waals surface area contributed by atoms with Gasteiger partial charge in [-0.25, -0.2) is 0 Å². The fraction of sp³-hybridized carbons (Fsp3) is 0.176. The van der Waals surface area contributed by atoms with Crippen LogP contribution in [0.25, 0.3) is 0 Å². The van der Waals surface area contributed by atoms with Gasteiger partial charge in [0.25, 0.3) is 5.91 Å². The number of carbonyl (C=O) groups is 1. The van der Waals surface area contributed by atoms with Crippen LogP contribution in [0.3, 0.4) is 0 Å². The number of rotatable bonds is 5. The zero-order valence-electron chi connectivity index (χ0n) is 12.2. The zero-order valence-corrected chi connectivity index (χ0v) is 12.9. The van der Waals surface area contributed by atoms with E-state index >= 15 is 0 Å². The summed E-state index contributed by atoms with van der Waals surface area (Å²) in [4.78, 5) is 11.9. The summed E-state index contributed by atoms with van der Waals surface area (Å²) in [6.45, 7) is 2.93. The summed E-state index contributed by atoms with van der Waals surface area (Å²) in [5, 5.41) is 15.5. The van der Waals surface area contributed by atoms with E-state index in [-0.39, 0.29) is 5.91 Å². The number of nitrogens with one attached hydrogen (secondary N) is 2. The van der Waals surface area contributed by atoms with Gasteiger partial charge in [-0.05, 0) is 37.3 Å². The van der Waals surface area contributed by atoms with Gasteiger partial charge in [0, 0.05) is 23.7 Å². The summed E-state index contributed by atoms with van der Waals surface area (Å²) in [6, 6.07) is 14.5. The molecule has 5 heteroatoms. The minimum absolute atomic E-state index is 0.117. The second kappa shape index (κ2) is 7.48. The molecule has 0 aromatic heterocycles. The number of halogens is 1. The number of nitriles is 1. The maximum absolute atomic E-state index is 11.9. The Labute approximate surface area is 134 Å². The number of benzene rings is 2. The van der Waals surface area contributed by atoms with Crippen LogP contribution in [0.2, 0.25) is 5.02 Å². The number of hydrogen-bond donors (Lipinski definition) is 2. The lowest BCUT2D eigenvalue weighted by Crippen LogP contribution is -2.28. The molecule has 0 fully saturated rings. The Morgan fingerprint density at radius 2 is 1.91 bits per heavy atom. The van der Waals surface area contributed by atoms with Crippen LogP contribution in [-0.2, 0) is 0 Å². The van der Waals surface area contributed by atoms with Crippen molar-refractivity contribution in [2.45, 2.75) is 6.92 Å². The Balaban J connectivity index is 1.85. The van der Waals surface area contributed by atoms with Crippen molar-refractivity contribution >= 4 is 23.2 Å². The highest BCUT2D eigenvalue weighted by Crippen LogP contribution is 2.19. The highest BCUT2D eigenvalue weighted by Gasteiger charge is 2.05. The van der Waals surface area contributed by atoms with Crippen LogP contribution in [0, 0.1) is 18.3 Å². The predicted octanol–water partition coefficient (Wildman–Crippen LogP) is 3.36. The smallest absolute Gasteiger partial charge is 0.251 e. The van der Waals surface area contributed by atoms with E-state index in [4.69, 9.17) is 16.9 Å². The maximum atomic E-state index is 11.9. The van der Waals surface area contributed by atoms with E-state index in [2.05, 4.69) is 16.7 Å². The van der Waals surface area contributed by atoms with E-state index in [1.54, 1.807) is 30.3 Å². The molecule has 1 amide bonds. The van der Waals surface area contributed by atoms with Gasteiger partial charge in [-0.3, -0.25) is 4.79 Å². The van der Waals surface area contributed by atoms with Crippen LogP contribution in [0.5, 0.6) is 0 Å². The van der Waals surface area contributed by atoms with Crippen LogP contribution >= 0.6 is 11.6 Å². The molecule has 4 nitrogen and oxygen atoms in total. The summed E-state index contributed by atoms with van der Waals surface area (Å²) in [5.74, 6) is -0.117. The van der Waals surface area contributed by atoms with Gasteiger partial charge in [0.1, 0.15) is 6.07 Å². The largest absolute Gasteiger partial charge is 0.382 e. The van der Waals surface area contributed by atoms with E-state index in [1.165, 1.54) is 0 Å². The molecule has 0 atom stereocenters. The molecule has 22 heavy (non-hydrogen) atoms. The Bertz CT molecular complexity index is 705. The molecule has 2 rings (SSSR count). The number of aryl methyl sites for hydroxylation is 1. The van der Waals surface area contributed by atoms with Crippen LogP contribution in [0.1, 0.15) is 21.5 Å². The molecule has 0 spiro atoms. The summed E-state index contributed by atoms with van der Waals surface area (Å²) in [5.41, 5.74) is 2.93. The van der Waals surface area contributed by atoms with Crippen molar-refractivity contribution in [1.82, 2.24) is 5.32 Å². The van der Waals surface area contributed by atoms with Gasteiger partial charge in [-0.15, -0.1) is 0 Å². The number of anilines is 1. The summed E-state index contributed by atoms with van der Waals surface area (Å²) in [6.07, 6.45) is 0. The van der Waals surface area contributed by atoms with Crippen molar-refractivity contribution in [3.63, 3.8) is 0 Å². The average Bonchev–Trinajstić information content (AvgIpc) is 2.52. The molecular formula is C17H16ClN3O. The second-order valence-corrected chi connectivity index (χ2v) is 5.29. The maximum Gasteiger partial charge on any atom is 0.251 e. The summed E-state index contributed by atoms with van der Waals surface area (Å²) in [7, 11) is 0. The third-order valence-corrected chi connectivity index (χ3v) is 3.38. The van der Waals surface area contributed by atoms with E-state index in [0.29, 0.717) is 34.9 Å². The fourth-order valence-electron chi connectivity index (χ4n) is 1.94. The molecule has 0 unspecified atom stereocenters. The van der Waals surface area contributed by atoms with Gasteiger partial charge >= 0.3 is 0 Å². The molecule has 0 aliphatic heterocycles. The van der Waals surface area contributed by atoms with Gasteiger partial charge in [0.2, 0.25) is 0 Å². The SMILES string of the molecule is Cc1ccc(C(=O)NCCNc2cc(Cl)ccc2C#N)cc1. The number of nitrogens with zero attached hydrogens (tertiary/aromatic N) is 1.